The minimum absolute atomic E-state index is 0.0913. The van der Waals surface area contributed by atoms with E-state index in [1.807, 2.05) is 0 Å². The SMILES string of the molecule is Cc1noc(C)c1C(=O)Oc1ccc(O[C@@H]2CCCCNC2=O)cc1. The van der Waals surface area contributed by atoms with E-state index in [2.05, 4.69) is 10.5 Å². The largest absolute Gasteiger partial charge is 0.481 e. The van der Waals surface area contributed by atoms with Crippen LogP contribution in [0.5, 0.6) is 11.5 Å². The van der Waals surface area contributed by atoms with Gasteiger partial charge in [0.25, 0.3) is 5.91 Å². The van der Waals surface area contributed by atoms with Crippen LogP contribution >= 0.6 is 0 Å². The molecule has 2 aromatic rings. The Hall–Kier alpha value is -2.83. The smallest absolute Gasteiger partial charge is 0.349 e. The minimum Gasteiger partial charge on any atom is -0.481 e. The van der Waals surface area contributed by atoms with Gasteiger partial charge in [-0.1, -0.05) is 5.16 Å². The zero-order valence-corrected chi connectivity index (χ0v) is 14.2. The van der Waals surface area contributed by atoms with E-state index in [0.29, 0.717) is 41.5 Å². The molecule has 1 amide bonds. The maximum absolute atomic E-state index is 12.2. The van der Waals surface area contributed by atoms with Crippen LogP contribution in [0.15, 0.2) is 28.8 Å². The van der Waals surface area contributed by atoms with Crippen molar-refractivity contribution in [3.8, 4) is 11.5 Å². The van der Waals surface area contributed by atoms with Crippen molar-refractivity contribution in [2.75, 3.05) is 6.54 Å². The number of ether oxygens (including phenoxy) is 2. The van der Waals surface area contributed by atoms with Crippen LogP contribution < -0.4 is 14.8 Å². The van der Waals surface area contributed by atoms with Gasteiger partial charge in [0.05, 0.1) is 5.69 Å². The normalized spacial score (nSPS) is 17.5. The molecule has 3 rings (SSSR count). The summed E-state index contributed by atoms with van der Waals surface area (Å²) in [5.41, 5.74) is 0.817. The van der Waals surface area contributed by atoms with Gasteiger partial charge in [0.15, 0.2) is 6.10 Å². The summed E-state index contributed by atoms with van der Waals surface area (Å²) in [5, 5.41) is 6.57. The molecule has 132 valence electrons. The highest BCUT2D eigenvalue weighted by Crippen LogP contribution is 2.22. The topological polar surface area (TPSA) is 90.7 Å². The number of carbonyl (C=O) groups is 2. The fourth-order valence-electron chi connectivity index (χ4n) is 2.71. The lowest BCUT2D eigenvalue weighted by molar-refractivity contribution is -0.127. The molecule has 0 spiro atoms. The zero-order chi connectivity index (χ0) is 17.8. The molecule has 1 aromatic heterocycles. The van der Waals surface area contributed by atoms with Crippen molar-refractivity contribution in [1.82, 2.24) is 10.5 Å². The number of aryl methyl sites for hydroxylation is 2. The molecule has 0 aliphatic carbocycles. The Labute approximate surface area is 145 Å². The first kappa shape index (κ1) is 17.0. The van der Waals surface area contributed by atoms with E-state index >= 15 is 0 Å². The second-order valence-corrected chi connectivity index (χ2v) is 5.95. The third-order valence-corrected chi connectivity index (χ3v) is 4.03. The van der Waals surface area contributed by atoms with Crippen LogP contribution in [0.1, 0.15) is 41.1 Å². The number of benzene rings is 1. The van der Waals surface area contributed by atoms with Crippen molar-refractivity contribution in [3.05, 3.63) is 41.3 Å². The Morgan fingerprint density at radius 2 is 1.92 bits per heavy atom. The average Bonchev–Trinajstić information content (AvgIpc) is 2.80. The van der Waals surface area contributed by atoms with Gasteiger partial charge < -0.3 is 19.3 Å². The summed E-state index contributed by atoms with van der Waals surface area (Å²) in [6.45, 7) is 4.03. The summed E-state index contributed by atoms with van der Waals surface area (Å²) < 4.78 is 16.0. The van der Waals surface area contributed by atoms with Gasteiger partial charge in [-0.05, 0) is 57.4 Å². The Balaban J connectivity index is 1.64. The van der Waals surface area contributed by atoms with E-state index in [1.165, 1.54) is 0 Å². The Bertz CT molecular complexity index is 747. The number of hydrogen-bond donors (Lipinski definition) is 1. The number of nitrogens with one attached hydrogen (secondary N) is 1. The monoisotopic (exact) mass is 344 g/mol. The van der Waals surface area contributed by atoms with Crippen molar-refractivity contribution < 1.29 is 23.6 Å². The van der Waals surface area contributed by atoms with Crippen LogP contribution in [0, 0.1) is 13.8 Å². The molecule has 1 fully saturated rings. The fourth-order valence-corrected chi connectivity index (χ4v) is 2.71. The fraction of sp³-hybridized carbons (Fsp3) is 0.389. The van der Waals surface area contributed by atoms with Gasteiger partial charge >= 0.3 is 5.97 Å². The maximum atomic E-state index is 12.2. The van der Waals surface area contributed by atoms with Gasteiger partial charge in [0, 0.05) is 6.54 Å². The highest BCUT2D eigenvalue weighted by atomic mass is 16.5. The highest BCUT2D eigenvalue weighted by Gasteiger charge is 2.23. The lowest BCUT2D eigenvalue weighted by Crippen LogP contribution is -2.36. The Morgan fingerprint density at radius 1 is 1.20 bits per heavy atom. The molecule has 0 radical (unpaired) electrons. The van der Waals surface area contributed by atoms with E-state index in [4.69, 9.17) is 14.0 Å². The molecule has 2 heterocycles. The standard InChI is InChI=1S/C18H20N2O5/c1-11-16(12(2)25-20-11)18(22)24-14-8-6-13(7-9-14)23-15-5-3-4-10-19-17(15)21/h6-9,15H,3-5,10H2,1-2H3,(H,19,21)/t15-/m1/s1. The molecule has 1 atom stereocenters. The van der Waals surface area contributed by atoms with Crippen LogP contribution in [-0.4, -0.2) is 29.7 Å². The summed E-state index contributed by atoms with van der Waals surface area (Å²) in [6.07, 6.45) is 2.10. The lowest BCUT2D eigenvalue weighted by Gasteiger charge is -2.16. The number of aromatic nitrogens is 1. The first-order valence-corrected chi connectivity index (χ1v) is 8.24. The van der Waals surface area contributed by atoms with Crippen molar-refractivity contribution in [1.29, 1.82) is 0 Å². The molecule has 0 saturated carbocycles. The Kier molecular flexibility index (Phi) is 5.02. The molecular formula is C18H20N2O5. The zero-order valence-electron chi connectivity index (χ0n) is 14.2. The molecule has 1 saturated heterocycles. The van der Waals surface area contributed by atoms with Gasteiger partial charge in [0.1, 0.15) is 22.8 Å². The predicted molar refractivity (Wildman–Crippen MR) is 88.7 cm³/mol. The molecular weight excluding hydrogens is 324 g/mol. The van der Waals surface area contributed by atoms with Crippen molar-refractivity contribution in [2.45, 2.75) is 39.2 Å². The number of amides is 1. The number of rotatable bonds is 4. The molecule has 25 heavy (non-hydrogen) atoms. The van der Waals surface area contributed by atoms with Gasteiger partial charge in [-0.15, -0.1) is 0 Å². The summed E-state index contributed by atoms with van der Waals surface area (Å²) >= 11 is 0. The van der Waals surface area contributed by atoms with Crippen LogP contribution in [0.2, 0.25) is 0 Å². The Morgan fingerprint density at radius 3 is 2.60 bits per heavy atom. The molecule has 7 nitrogen and oxygen atoms in total. The van der Waals surface area contributed by atoms with E-state index in [-0.39, 0.29) is 5.91 Å². The number of nitrogens with zero attached hydrogens (tertiary/aromatic N) is 1. The van der Waals surface area contributed by atoms with Crippen molar-refractivity contribution >= 4 is 11.9 Å². The first-order chi connectivity index (χ1) is 12.0. The number of carbonyl (C=O) groups excluding carboxylic acids is 2. The van der Waals surface area contributed by atoms with Gasteiger partial charge in [-0.25, -0.2) is 4.79 Å². The molecule has 1 aliphatic rings. The van der Waals surface area contributed by atoms with Crippen LogP contribution in [-0.2, 0) is 4.79 Å². The molecule has 0 unspecified atom stereocenters. The van der Waals surface area contributed by atoms with E-state index < -0.39 is 12.1 Å². The van der Waals surface area contributed by atoms with Crippen LogP contribution in [0.3, 0.4) is 0 Å². The third kappa shape index (κ3) is 3.99. The highest BCUT2D eigenvalue weighted by molar-refractivity contribution is 5.93. The second-order valence-electron chi connectivity index (χ2n) is 5.95. The molecule has 0 bridgehead atoms. The predicted octanol–water partition coefficient (Wildman–Crippen LogP) is 2.56. The molecule has 7 heteroatoms. The summed E-state index contributed by atoms with van der Waals surface area (Å²) in [5.74, 6) is 0.739. The second kappa shape index (κ2) is 7.38. The third-order valence-electron chi connectivity index (χ3n) is 4.03. The molecule has 1 N–H and O–H groups in total. The summed E-state index contributed by atoms with van der Waals surface area (Å²) in [6, 6.07) is 6.60. The maximum Gasteiger partial charge on any atom is 0.349 e. The number of hydrogen-bond acceptors (Lipinski definition) is 6. The van der Waals surface area contributed by atoms with E-state index in [9.17, 15) is 9.59 Å². The van der Waals surface area contributed by atoms with Crippen molar-refractivity contribution in [2.24, 2.45) is 0 Å². The minimum atomic E-state index is -0.520. The lowest BCUT2D eigenvalue weighted by atomic mass is 10.2. The summed E-state index contributed by atoms with van der Waals surface area (Å²) in [4.78, 5) is 24.1. The average molecular weight is 344 g/mol. The van der Waals surface area contributed by atoms with Crippen LogP contribution in [0.25, 0.3) is 0 Å². The van der Waals surface area contributed by atoms with Crippen LogP contribution in [0.4, 0.5) is 0 Å². The molecule has 1 aliphatic heterocycles. The molecule has 1 aromatic carbocycles. The quantitative estimate of drug-likeness (QED) is 0.677. The summed E-state index contributed by atoms with van der Waals surface area (Å²) in [7, 11) is 0. The van der Waals surface area contributed by atoms with Gasteiger partial charge in [0.2, 0.25) is 0 Å². The van der Waals surface area contributed by atoms with E-state index in [1.54, 1.807) is 38.1 Å². The number of esters is 1. The van der Waals surface area contributed by atoms with E-state index in [0.717, 1.165) is 12.8 Å². The van der Waals surface area contributed by atoms with Gasteiger partial charge in [-0.3, -0.25) is 4.79 Å². The van der Waals surface area contributed by atoms with Gasteiger partial charge in [-0.2, -0.15) is 0 Å². The first-order valence-electron chi connectivity index (χ1n) is 8.24. The van der Waals surface area contributed by atoms with Crippen molar-refractivity contribution in [3.63, 3.8) is 0 Å².